The van der Waals surface area contributed by atoms with Crippen LogP contribution in [0.4, 0.5) is 0 Å². The predicted octanol–water partition coefficient (Wildman–Crippen LogP) is 2.73. The van der Waals surface area contributed by atoms with Crippen LogP contribution < -0.4 is 0 Å². The fraction of sp³-hybridized carbons (Fsp3) is 1.00. The molecule has 1 heteroatoms. The number of fused-ring (bicyclic) bond motifs is 1. The first-order valence-corrected chi connectivity index (χ1v) is 5.44. The lowest BCUT2D eigenvalue weighted by molar-refractivity contribution is -0.0181. The van der Waals surface area contributed by atoms with E-state index in [0.717, 1.165) is 5.92 Å². The van der Waals surface area contributed by atoms with E-state index >= 15 is 0 Å². The van der Waals surface area contributed by atoms with Crippen molar-refractivity contribution in [1.29, 1.82) is 0 Å². The molecule has 0 aromatic heterocycles. The highest BCUT2D eigenvalue weighted by molar-refractivity contribution is 4.97. The molecule has 0 heterocycles. The molecule has 1 N–H and O–H groups in total. The van der Waals surface area contributed by atoms with Crippen molar-refractivity contribution in [2.24, 2.45) is 11.3 Å². The zero-order chi connectivity index (χ0) is 8.60. The van der Waals surface area contributed by atoms with Gasteiger partial charge in [-0.1, -0.05) is 19.3 Å². The van der Waals surface area contributed by atoms with Crippen LogP contribution in [-0.4, -0.2) is 11.2 Å². The Labute approximate surface area is 75.2 Å². The zero-order valence-corrected chi connectivity index (χ0v) is 8.05. The molecule has 2 aliphatic rings. The Bertz CT molecular complexity index is 164. The average molecular weight is 168 g/mol. The monoisotopic (exact) mass is 168 g/mol. The summed E-state index contributed by atoms with van der Waals surface area (Å²) in [5, 5.41) is 9.84. The predicted molar refractivity (Wildman–Crippen MR) is 49.9 cm³/mol. The molecule has 3 atom stereocenters. The molecule has 0 radical (unpaired) electrons. The second-order valence-electron chi connectivity index (χ2n) is 4.74. The number of hydrogen-bond donors (Lipinski definition) is 1. The quantitative estimate of drug-likeness (QED) is 0.638. The van der Waals surface area contributed by atoms with Gasteiger partial charge in [0.05, 0.1) is 6.10 Å². The number of aliphatic hydroxyl groups is 1. The van der Waals surface area contributed by atoms with E-state index in [2.05, 4.69) is 0 Å². The molecule has 0 saturated heterocycles. The van der Waals surface area contributed by atoms with Gasteiger partial charge in [0.2, 0.25) is 0 Å². The van der Waals surface area contributed by atoms with E-state index in [9.17, 15) is 5.11 Å². The van der Waals surface area contributed by atoms with E-state index in [1.165, 1.54) is 44.9 Å². The summed E-state index contributed by atoms with van der Waals surface area (Å²) < 4.78 is 0. The van der Waals surface area contributed by atoms with Gasteiger partial charge in [-0.05, 0) is 43.9 Å². The molecule has 0 amide bonds. The molecule has 0 bridgehead atoms. The van der Waals surface area contributed by atoms with Gasteiger partial charge in [0.15, 0.2) is 0 Å². The van der Waals surface area contributed by atoms with Crippen molar-refractivity contribution in [3.63, 3.8) is 0 Å². The molecule has 1 nitrogen and oxygen atoms in total. The first-order valence-electron chi connectivity index (χ1n) is 5.44. The maximum Gasteiger partial charge on any atom is 0.0570 e. The Morgan fingerprint density at radius 1 is 1.17 bits per heavy atom. The minimum Gasteiger partial charge on any atom is -0.393 e. The largest absolute Gasteiger partial charge is 0.393 e. The first kappa shape index (κ1) is 8.55. The van der Waals surface area contributed by atoms with Crippen LogP contribution in [0.25, 0.3) is 0 Å². The van der Waals surface area contributed by atoms with Crippen molar-refractivity contribution in [2.75, 3.05) is 0 Å². The highest BCUT2D eigenvalue weighted by atomic mass is 16.3. The van der Waals surface area contributed by atoms with Gasteiger partial charge in [-0.2, -0.15) is 0 Å². The summed E-state index contributed by atoms with van der Waals surface area (Å²) in [6.45, 7) is 2.00. The van der Waals surface area contributed by atoms with E-state index in [1.54, 1.807) is 0 Å². The molecule has 3 unspecified atom stereocenters. The van der Waals surface area contributed by atoms with Crippen molar-refractivity contribution in [1.82, 2.24) is 0 Å². The van der Waals surface area contributed by atoms with Crippen molar-refractivity contribution >= 4 is 0 Å². The van der Waals surface area contributed by atoms with Crippen LogP contribution in [0.3, 0.4) is 0 Å². The molecular weight excluding hydrogens is 148 g/mol. The fourth-order valence-electron chi connectivity index (χ4n) is 3.53. The van der Waals surface area contributed by atoms with Gasteiger partial charge in [0.1, 0.15) is 0 Å². The minimum atomic E-state index is -0.0645. The van der Waals surface area contributed by atoms with Gasteiger partial charge in [-0.15, -0.1) is 0 Å². The van der Waals surface area contributed by atoms with Crippen molar-refractivity contribution in [3.8, 4) is 0 Å². The van der Waals surface area contributed by atoms with Crippen LogP contribution in [0.15, 0.2) is 0 Å². The van der Waals surface area contributed by atoms with Crippen molar-refractivity contribution in [3.05, 3.63) is 0 Å². The Morgan fingerprint density at radius 2 is 1.83 bits per heavy atom. The highest BCUT2D eigenvalue weighted by Gasteiger charge is 2.46. The third kappa shape index (κ3) is 1.10. The number of rotatable bonds is 1. The van der Waals surface area contributed by atoms with Gasteiger partial charge < -0.3 is 5.11 Å². The van der Waals surface area contributed by atoms with Crippen LogP contribution in [0, 0.1) is 11.3 Å². The molecule has 2 rings (SSSR count). The van der Waals surface area contributed by atoms with Gasteiger partial charge in [-0.3, -0.25) is 0 Å². The van der Waals surface area contributed by atoms with E-state index in [4.69, 9.17) is 0 Å². The van der Waals surface area contributed by atoms with E-state index in [-0.39, 0.29) is 6.10 Å². The molecule has 0 spiro atoms. The average Bonchev–Trinajstić information content (AvgIpc) is 2.48. The second kappa shape index (κ2) is 3.02. The molecule has 0 aromatic carbocycles. The standard InChI is InChI=1S/C11H20O/c1-9(12)11-7-3-2-5-10(11)6-4-8-11/h9-10,12H,2-8H2,1H3. The normalized spacial score (nSPS) is 44.0. The van der Waals surface area contributed by atoms with Crippen LogP contribution in [0.1, 0.15) is 51.9 Å². The summed E-state index contributed by atoms with van der Waals surface area (Å²) in [6.07, 6.45) is 9.38. The summed E-state index contributed by atoms with van der Waals surface area (Å²) in [4.78, 5) is 0. The molecule has 2 aliphatic carbocycles. The molecule has 2 saturated carbocycles. The van der Waals surface area contributed by atoms with Crippen LogP contribution >= 0.6 is 0 Å². The second-order valence-corrected chi connectivity index (χ2v) is 4.74. The summed E-state index contributed by atoms with van der Waals surface area (Å²) in [6, 6.07) is 0. The molecule has 12 heavy (non-hydrogen) atoms. The van der Waals surface area contributed by atoms with Gasteiger partial charge in [0, 0.05) is 0 Å². The van der Waals surface area contributed by atoms with E-state index in [0.29, 0.717) is 5.41 Å². The molecule has 70 valence electrons. The Kier molecular flexibility index (Phi) is 2.16. The van der Waals surface area contributed by atoms with Crippen LogP contribution in [-0.2, 0) is 0 Å². The summed E-state index contributed by atoms with van der Waals surface area (Å²) in [5.41, 5.74) is 0.345. The third-order valence-electron chi connectivity index (χ3n) is 4.28. The third-order valence-corrected chi connectivity index (χ3v) is 4.28. The zero-order valence-electron chi connectivity index (χ0n) is 8.05. The van der Waals surface area contributed by atoms with E-state index in [1.807, 2.05) is 6.92 Å². The Morgan fingerprint density at radius 3 is 2.50 bits per heavy atom. The van der Waals surface area contributed by atoms with Crippen molar-refractivity contribution in [2.45, 2.75) is 58.0 Å². The Balaban J connectivity index is 2.17. The molecule has 0 aromatic rings. The van der Waals surface area contributed by atoms with Gasteiger partial charge >= 0.3 is 0 Å². The van der Waals surface area contributed by atoms with Gasteiger partial charge in [-0.25, -0.2) is 0 Å². The van der Waals surface area contributed by atoms with Crippen LogP contribution in [0.5, 0.6) is 0 Å². The topological polar surface area (TPSA) is 20.2 Å². The summed E-state index contributed by atoms with van der Waals surface area (Å²) >= 11 is 0. The lowest BCUT2D eigenvalue weighted by Crippen LogP contribution is -2.38. The molecular formula is C11H20O. The fourth-order valence-corrected chi connectivity index (χ4v) is 3.53. The first-order chi connectivity index (χ1) is 5.76. The Hall–Kier alpha value is -0.0400. The summed E-state index contributed by atoms with van der Waals surface area (Å²) in [7, 11) is 0. The lowest BCUT2D eigenvalue weighted by atomic mass is 9.65. The van der Waals surface area contributed by atoms with E-state index < -0.39 is 0 Å². The van der Waals surface area contributed by atoms with Gasteiger partial charge in [0.25, 0.3) is 0 Å². The maximum atomic E-state index is 9.84. The maximum absolute atomic E-state index is 9.84. The SMILES string of the molecule is CC(O)C12CCCCC1CCC2. The lowest BCUT2D eigenvalue weighted by Gasteiger charge is -2.42. The van der Waals surface area contributed by atoms with Crippen LogP contribution in [0.2, 0.25) is 0 Å². The highest BCUT2D eigenvalue weighted by Crippen LogP contribution is 2.54. The minimum absolute atomic E-state index is 0.0645. The molecule has 2 fully saturated rings. The number of aliphatic hydroxyl groups excluding tert-OH is 1. The summed E-state index contributed by atoms with van der Waals surface area (Å²) in [5.74, 6) is 0.853. The number of hydrogen-bond acceptors (Lipinski definition) is 1. The smallest absolute Gasteiger partial charge is 0.0570 e. The van der Waals surface area contributed by atoms with Crippen molar-refractivity contribution < 1.29 is 5.11 Å². The molecule has 0 aliphatic heterocycles.